The Bertz CT molecular complexity index is 788. The van der Waals surface area contributed by atoms with Crippen molar-refractivity contribution >= 4 is 17.7 Å². The molecule has 2 N–H and O–H groups in total. The minimum atomic E-state index is -0.947. The molecule has 124 valence electrons. The summed E-state index contributed by atoms with van der Waals surface area (Å²) >= 11 is 0. The molecule has 2 aliphatic rings. The SMILES string of the molecule is O=C1CC(c2ccc(C(=O)O)cc2)c2cnn(C3CCCC3)c2N1. The van der Waals surface area contributed by atoms with Crippen molar-refractivity contribution in [1.29, 1.82) is 0 Å². The first kappa shape index (κ1) is 14.9. The Morgan fingerprint density at radius 2 is 1.92 bits per heavy atom. The molecule has 1 fully saturated rings. The van der Waals surface area contributed by atoms with Gasteiger partial charge in [0.25, 0.3) is 0 Å². The Labute approximate surface area is 139 Å². The summed E-state index contributed by atoms with van der Waals surface area (Å²) in [5.41, 5.74) is 2.22. The average Bonchev–Trinajstić information content (AvgIpc) is 3.23. The predicted octanol–water partition coefficient (Wildman–Crippen LogP) is 3.17. The number of rotatable bonds is 3. The number of nitrogens with zero attached hydrogens (tertiary/aromatic N) is 2. The number of fused-ring (bicyclic) bond motifs is 1. The molecule has 0 bridgehead atoms. The van der Waals surface area contributed by atoms with E-state index in [-0.39, 0.29) is 17.4 Å². The summed E-state index contributed by atoms with van der Waals surface area (Å²) < 4.78 is 1.97. The molecule has 1 unspecified atom stereocenters. The summed E-state index contributed by atoms with van der Waals surface area (Å²) in [6.07, 6.45) is 6.81. The van der Waals surface area contributed by atoms with Crippen LogP contribution < -0.4 is 5.32 Å². The van der Waals surface area contributed by atoms with Crippen LogP contribution in [0.3, 0.4) is 0 Å². The maximum atomic E-state index is 12.2. The van der Waals surface area contributed by atoms with Crippen molar-refractivity contribution < 1.29 is 14.7 Å². The number of carbonyl (C=O) groups excluding carboxylic acids is 1. The quantitative estimate of drug-likeness (QED) is 0.908. The highest BCUT2D eigenvalue weighted by Crippen LogP contribution is 2.40. The van der Waals surface area contributed by atoms with E-state index in [1.165, 1.54) is 12.8 Å². The molecule has 2 aromatic rings. The van der Waals surface area contributed by atoms with E-state index in [9.17, 15) is 9.59 Å². The van der Waals surface area contributed by atoms with Gasteiger partial charge in [0.05, 0.1) is 17.8 Å². The molecule has 1 amide bonds. The number of carboxylic acids is 1. The van der Waals surface area contributed by atoms with Crippen LogP contribution in [0, 0.1) is 0 Å². The van der Waals surface area contributed by atoms with Gasteiger partial charge in [-0.3, -0.25) is 4.79 Å². The third kappa shape index (κ3) is 2.48. The van der Waals surface area contributed by atoms with E-state index in [4.69, 9.17) is 5.11 Å². The van der Waals surface area contributed by atoms with Crippen molar-refractivity contribution in [3.8, 4) is 0 Å². The van der Waals surface area contributed by atoms with Crippen LogP contribution in [0.15, 0.2) is 30.5 Å². The van der Waals surface area contributed by atoms with Crippen molar-refractivity contribution in [2.24, 2.45) is 0 Å². The summed E-state index contributed by atoms with van der Waals surface area (Å²) in [6.45, 7) is 0. The van der Waals surface area contributed by atoms with Gasteiger partial charge in [-0.2, -0.15) is 5.10 Å². The van der Waals surface area contributed by atoms with Crippen molar-refractivity contribution in [1.82, 2.24) is 9.78 Å². The van der Waals surface area contributed by atoms with E-state index >= 15 is 0 Å². The van der Waals surface area contributed by atoms with Crippen LogP contribution in [-0.2, 0) is 4.79 Å². The fourth-order valence-corrected chi connectivity index (χ4v) is 3.82. The highest BCUT2D eigenvalue weighted by molar-refractivity contribution is 5.94. The zero-order valence-electron chi connectivity index (χ0n) is 13.2. The van der Waals surface area contributed by atoms with E-state index in [1.54, 1.807) is 24.3 Å². The van der Waals surface area contributed by atoms with E-state index in [0.717, 1.165) is 29.8 Å². The number of aromatic carboxylic acids is 1. The summed E-state index contributed by atoms with van der Waals surface area (Å²) in [7, 11) is 0. The van der Waals surface area contributed by atoms with Gasteiger partial charge in [-0.1, -0.05) is 25.0 Å². The number of carbonyl (C=O) groups is 2. The van der Waals surface area contributed by atoms with E-state index in [0.29, 0.717) is 12.5 Å². The second-order valence-electron chi connectivity index (χ2n) is 6.56. The Morgan fingerprint density at radius 1 is 1.21 bits per heavy atom. The van der Waals surface area contributed by atoms with E-state index in [2.05, 4.69) is 10.4 Å². The molecule has 24 heavy (non-hydrogen) atoms. The number of anilines is 1. The molecule has 1 saturated carbocycles. The maximum Gasteiger partial charge on any atom is 0.335 e. The molecule has 0 radical (unpaired) electrons. The number of amides is 1. The lowest BCUT2D eigenvalue weighted by Gasteiger charge is -2.25. The first-order valence-corrected chi connectivity index (χ1v) is 8.34. The minimum Gasteiger partial charge on any atom is -0.478 e. The van der Waals surface area contributed by atoms with E-state index in [1.807, 2.05) is 10.9 Å². The zero-order valence-corrected chi connectivity index (χ0v) is 13.2. The van der Waals surface area contributed by atoms with Crippen molar-refractivity contribution in [3.63, 3.8) is 0 Å². The summed E-state index contributed by atoms with van der Waals surface area (Å²) in [5.74, 6) is -0.232. The van der Waals surface area contributed by atoms with Gasteiger partial charge in [0, 0.05) is 17.9 Å². The second kappa shape index (κ2) is 5.78. The second-order valence-corrected chi connectivity index (χ2v) is 6.56. The number of nitrogens with one attached hydrogen (secondary N) is 1. The first-order chi connectivity index (χ1) is 11.6. The number of aromatic nitrogens is 2. The third-order valence-electron chi connectivity index (χ3n) is 5.08. The maximum absolute atomic E-state index is 12.2. The summed E-state index contributed by atoms with van der Waals surface area (Å²) in [6, 6.07) is 7.13. The Hall–Kier alpha value is -2.63. The molecular weight excluding hydrogens is 306 g/mol. The predicted molar refractivity (Wildman–Crippen MR) is 88.2 cm³/mol. The molecule has 1 atom stereocenters. The average molecular weight is 325 g/mol. The number of benzene rings is 1. The van der Waals surface area contributed by atoms with Gasteiger partial charge in [-0.05, 0) is 30.5 Å². The molecular formula is C18H19N3O3. The van der Waals surface area contributed by atoms with Gasteiger partial charge < -0.3 is 10.4 Å². The Balaban J connectivity index is 1.71. The molecule has 1 aromatic heterocycles. The van der Waals surface area contributed by atoms with Gasteiger partial charge >= 0.3 is 5.97 Å². The number of carboxylic acid groups (broad SMARTS) is 1. The molecule has 0 saturated heterocycles. The van der Waals surface area contributed by atoms with Crippen LogP contribution in [0.2, 0.25) is 0 Å². The fourth-order valence-electron chi connectivity index (χ4n) is 3.82. The van der Waals surface area contributed by atoms with Crippen LogP contribution in [0.4, 0.5) is 5.82 Å². The lowest BCUT2D eigenvalue weighted by atomic mass is 9.87. The topological polar surface area (TPSA) is 84.2 Å². The lowest BCUT2D eigenvalue weighted by Crippen LogP contribution is -2.25. The molecule has 1 aliphatic carbocycles. The van der Waals surface area contributed by atoms with E-state index < -0.39 is 5.97 Å². The highest BCUT2D eigenvalue weighted by atomic mass is 16.4. The molecule has 1 aromatic carbocycles. The minimum absolute atomic E-state index is 0.0189. The van der Waals surface area contributed by atoms with Crippen LogP contribution in [0.25, 0.3) is 0 Å². The van der Waals surface area contributed by atoms with Crippen molar-refractivity contribution in [2.45, 2.75) is 44.1 Å². The molecule has 6 heteroatoms. The molecule has 1 aliphatic heterocycles. The zero-order chi connectivity index (χ0) is 16.7. The molecule has 6 nitrogen and oxygen atoms in total. The monoisotopic (exact) mass is 325 g/mol. The Kier molecular flexibility index (Phi) is 3.59. The standard InChI is InChI=1S/C18H19N3O3/c22-16-9-14(11-5-7-12(8-6-11)18(23)24)15-10-19-21(17(15)20-16)13-3-1-2-4-13/h5-8,10,13-14H,1-4,9H2,(H,20,22)(H,23,24). The van der Waals surface area contributed by atoms with Gasteiger partial charge in [0.15, 0.2) is 0 Å². The fraction of sp³-hybridized carbons (Fsp3) is 0.389. The van der Waals surface area contributed by atoms with Crippen LogP contribution in [0.1, 0.15) is 65.5 Å². The molecule has 4 rings (SSSR count). The normalized spacial score (nSPS) is 20.7. The molecule has 2 heterocycles. The number of hydrogen-bond donors (Lipinski definition) is 2. The number of hydrogen-bond acceptors (Lipinski definition) is 3. The van der Waals surface area contributed by atoms with Gasteiger partial charge in [0.1, 0.15) is 5.82 Å². The lowest BCUT2D eigenvalue weighted by molar-refractivity contribution is -0.116. The summed E-state index contributed by atoms with van der Waals surface area (Å²) in [5, 5.41) is 16.6. The van der Waals surface area contributed by atoms with Gasteiger partial charge in [0.2, 0.25) is 5.91 Å². The molecule has 0 spiro atoms. The van der Waals surface area contributed by atoms with Crippen LogP contribution >= 0.6 is 0 Å². The Morgan fingerprint density at radius 3 is 2.58 bits per heavy atom. The van der Waals surface area contributed by atoms with Gasteiger partial charge in [-0.25, -0.2) is 9.48 Å². The van der Waals surface area contributed by atoms with Gasteiger partial charge in [-0.15, -0.1) is 0 Å². The summed E-state index contributed by atoms with van der Waals surface area (Å²) in [4.78, 5) is 23.2. The van der Waals surface area contributed by atoms with Crippen molar-refractivity contribution in [3.05, 3.63) is 47.2 Å². The largest absolute Gasteiger partial charge is 0.478 e. The first-order valence-electron chi connectivity index (χ1n) is 8.34. The van der Waals surface area contributed by atoms with Crippen molar-refractivity contribution in [2.75, 3.05) is 5.32 Å². The third-order valence-corrected chi connectivity index (χ3v) is 5.08. The van der Waals surface area contributed by atoms with Crippen LogP contribution in [-0.4, -0.2) is 26.8 Å². The van der Waals surface area contributed by atoms with Crippen LogP contribution in [0.5, 0.6) is 0 Å². The smallest absolute Gasteiger partial charge is 0.335 e. The highest BCUT2D eigenvalue weighted by Gasteiger charge is 2.32.